The molecule has 0 saturated heterocycles. The van der Waals surface area contributed by atoms with E-state index in [-0.39, 0.29) is 0 Å². The summed E-state index contributed by atoms with van der Waals surface area (Å²) in [5.41, 5.74) is 2.93. The fourth-order valence-corrected chi connectivity index (χ4v) is 3.79. The van der Waals surface area contributed by atoms with Gasteiger partial charge in [0.2, 0.25) is 0 Å². The number of carbonyl (C=O) groups excluding carboxylic acids is 1. The van der Waals surface area contributed by atoms with Gasteiger partial charge in [-0.15, -0.1) is 0 Å². The van der Waals surface area contributed by atoms with Crippen LogP contribution >= 0.6 is 0 Å². The highest BCUT2D eigenvalue weighted by Gasteiger charge is 2.14. The second-order valence-electron chi connectivity index (χ2n) is 8.28. The Morgan fingerprint density at radius 1 is 0.763 bits per heavy atom. The molecule has 0 radical (unpaired) electrons. The molecule has 0 bridgehead atoms. The van der Waals surface area contributed by atoms with Gasteiger partial charge in [0, 0.05) is 24.2 Å². The van der Waals surface area contributed by atoms with E-state index in [1.165, 1.54) is 7.11 Å². The SMILES string of the molecule is COC(=O)C(=Cc1cc(OC)cc(OC)c1)c1ccc(OCCCNCc2ccc(OC)cc2OC)cc1. The van der Waals surface area contributed by atoms with Crippen molar-refractivity contribution < 1.29 is 33.2 Å². The Balaban J connectivity index is 1.56. The van der Waals surface area contributed by atoms with Crippen molar-refractivity contribution in [2.45, 2.75) is 13.0 Å². The van der Waals surface area contributed by atoms with Crippen molar-refractivity contribution in [1.82, 2.24) is 5.32 Å². The Morgan fingerprint density at radius 3 is 2.03 bits per heavy atom. The third kappa shape index (κ3) is 7.91. The van der Waals surface area contributed by atoms with Gasteiger partial charge in [-0.3, -0.25) is 0 Å². The molecule has 0 amide bonds. The zero-order valence-electron chi connectivity index (χ0n) is 22.5. The maximum Gasteiger partial charge on any atom is 0.338 e. The minimum Gasteiger partial charge on any atom is -0.497 e. The molecule has 8 heteroatoms. The van der Waals surface area contributed by atoms with Crippen LogP contribution in [0.3, 0.4) is 0 Å². The molecule has 0 heterocycles. The van der Waals surface area contributed by atoms with Crippen LogP contribution in [-0.2, 0) is 16.1 Å². The molecule has 3 rings (SSSR count). The molecule has 0 spiro atoms. The van der Waals surface area contributed by atoms with E-state index in [2.05, 4.69) is 5.32 Å². The Kier molecular flexibility index (Phi) is 10.9. The normalized spacial score (nSPS) is 11.0. The summed E-state index contributed by atoms with van der Waals surface area (Å²) in [5, 5.41) is 3.41. The summed E-state index contributed by atoms with van der Waals surface area (Å²) in [5.74, 6) is 3.08. The van der Waals surface area contributed by atoms with Crippen LogP contribution in [0.4, 0.5) is 0 Å². The minimum absolute atomic E-state index is 0.410. The van der Waals surface area contributed by atoms with Crippen LogP contribution in [0.2, 0.25) is 0 Å². The maximum atomic E-state index is 12.6. The van der Waals surface area contributed by atoms with Gasteiger partial charge in [0.05, 0.1) is 47.7 Å². The van der Waals surface area contributed by atoms with Crippen molar-refractivity contribution in [3.05, 3.63) is 77.4 Å². The van der Waals surface area contributed by atoms with Gasteiger partial charge in [0.25, 0.3) is 0 Å². The number of hydrogen-bond acceptors (Lipinski definition) is 8. The summed E-state index contributed by atoms with van der Waals surface area (Å²) in [6.07, 6.45) is 2.57. The fraction of sp³-hybridized carbons (Fsp3) is 0.300. The summed E-state index contributed by atoms with van der Waals surface area (Å²) >= 11 is 0. The number of carbonyl (C=O) groups is 1. The minimum atomic E-state index is -0.444. The van der Waals surface area contributed by atoms with Gasteiger partial charge in [-0.1, -0.05) is 18.2 Å². The van der Waals surface area contributed by atoms with Gasteiger partial charge in [-0.25, -0.2) is 4.79 Å². The van der Waals surface area contributed by atoms with E-state index in [4.69, 9.17) is 28.4 Å². The lowest BCUT2D eigenvalue weighted by Crippen LogP contribution is -2.17. The first-order valence-electron chi connectivity index (χ1n) is 12.2. The van der Waals surface area contributed by atoms with Gasteiger partial charge >= 0.3 is 5.97 Å². The predicted molar refractivity (Wildman–Crippen MR) is 147 cm³/mol. The Hall–Kier alpha value is -4.17. The standard InChI is InChI=1S/C30H35NO7/c1-33-25-12-9-23(29(19-25)36-4)20-31-13-6-14-38-24-10-7-22(8-11-24)28(30(32)37-5)17-21-15-26(34-2)18-27(16-21)35-3/h7-12,15-19,31H,6,13-14,20H2,1-5H3. The fourth-order valence-electron chi connectivity index (χ4n) is 3.79. The molecule has 0 aliphatic carbocycles. The summed E-state index contributed by atoms with van der Waals surface area (Å²) in [7, 11) is 7.80. The number of methoxy groups -OCH3 is 5. The van der Waals surface area contributed by atoms with Crippen LogP contribution in [0.1, 0.15) is 23.1 Å². The van der Waals surface area contributed by atoms with Crippen molar-refractivity contribution in [2.24, 2.45) is 0 Å². The molecule has 0 aromatic heterocycles. The Bertz CT molecular complexity index is 1200. The molecule has 3 aromatic rings. The van der Waals surface area contributed by atoms with Crippen LogP contribution in [0.5, 0.6) is 28.7 Å². The largest absolute Gasteiger partial charge is 0.497 e. The number of benzene rings is 3. The number of esters is 1. The molecular formula is C30H35NO7. The molecule has 3 aromatic carbocycles. The van der Waals surface area contributed by atoms with Crippen LogP contribution in [-0.4, -0.2) is 54.7 Å². The van der Waals surface area contributed by atoms with Gasteiger partial charge in [-0.05, 0) is 60.5 Å². The monoisotopic (exact) mass is 521 g/mol. The summed E-state index contributed by atoms with van der Waals surface area (Å²) in [6, 6.07) is 18.6. The zero-order valence-corrected chi connectivity index (χ0v) is 22.5. The first kappa shape index (κ1) is 28.4. The van der Waals surface area contributed by atoms with E-state index in [0.717, 1.165) is 41.3 Å². The quantitative estimate of drug-likeness (QED) is 0.137. The average Bonchev–Trinajstić information content (AvgIpc) is 2.97. The van der Waals surface area contributed by atoms with Gasteiger partial charge < -0.3 is 33.7 Å². The highest BCUT2D eigenvalue weighted by Crippen LogP contribution is 2.28. The van der Waals surface area contributed by atoms with Gasteiger partial charge in [0.1, 0.15) is 28.7 Å². The number of rotatable bonds is 14. The lowest BCUT2D eigenvalue weighted by atomic mass is 10.0. The first-order valence-corrected chi connectivity index (χ1v) is 12.2. The first-order chi connectivity index (χ1) is 18.5. The summed E-state index contributed by atoms with van der Waals surface area (Å²) in [6.45, 7) is 2.02. The highest BCUT2D eigenvalue weighted by atomic mass is 16.5. The molecule has 0 unspecified atom stereocenters. The van der Waals surface area contributed by atoms with Crippen molar-refractivity contribution in [3.8, 4) is 28.7 Å². The van der Waals surface area contributed by atoms with Crippen LogP contribution in [0.25, 0.3) is 11.6 Å². The smallest absolute Gasteiger partial charge is 0.338 e. The lowest BCUT2D eigenvalue weighted by Gasteiger charge is -2.12. The maximum absolute atomic E-state index is 12.6. The van der Waals surface area contributed by atoms with Crippen molar-refractivity contribution in [2.75, 3.05) is 48.7 Å². The zero-order chi connectivity index (χ0) is 27.3. The molecule has 0 atom stereocenters. The van der Waals surface area contributed by atoms with Crippen molar-refractivity contribution in [3.63, 3.8) is 0 Å². The second-order valence-corrected chi connectivity index (χ2v) is 8.28. The second kappa shape index (κ2) is 14.5. The molecule has 38 heavy (non-hydrogen) atoms. The van der Waals surface area contributed by atoms with Gasteiger partial charge in [-0.2, -0.15) is 0 Å². The van der Waals surface area contributed by atoms with E-state index in [9.17, 15) is 4.79 Å². The van der Waals surface area contributed by atoms with Crippen LogP contribution in [0.15, 0.2) is 60.7 Å². The molecule has 8 nitrogen and oxygen atoms in total. The molecule has 0 fully saturated rings. The molecule has 0 saturated carbocycles. The van der Waals surface area contributed by atoms with Crippen molar-refractivity contribution >= 4 is 17.6 Å². The number of nitrogens with one attached hydrogen (secondary N) is 1. The third-order valence-electron chi connectivity index (χ3n) is 5.83. The van der Waals surface area contributed by atoms with E-state index >= 15 is 0 Å². The molecule has 202 valence electrons. The molecular weight excluding hydrogens is 486 g/mol. The van der Waals surface area contributed by atoms with E-state index in [0.29, 0.717) is 35.8 Å². The van der Waals surface area contributed by atoms with E-state index < -0.39 is 5.97 Å². The number of hydrogen-bond donors (Lipinski definition) is 1. The Labute approximate surface area is 224 Å². The topological polar surface area (TPSA) is 84.5 Å². The lowest BCUT2D eigenvalue weighted by molar-refractivity contribution is -0.133. The Morgan fingerprint density at radius 2 is 1.42 bits per heavy atom. The van der Waals surface area contributed by atoms with Crippen molar-refractivity contribution in [1.29, 1.82) is 0 Å². The predicted octanol–water partition coefficient (Wildman–Crippen LogP) is 4.99. The molecule has 1 N–H and O–H groups in total. The van der Waals surface area contributed by atoms with Crippen LogP contribution < -0.4 is 29.0 Å². The van der Waals surface area contributed by atoms with E-state index in [1.54, 1.807) is 40.6 Å². The highest BCUT2D eigenvalue weighted by molar-refractivity contribution is 6.21. The summed E-state index contributed by atoms with van der Waals surface area (Å²) in [4.78, 5) is 12.6. The average molecular weight is 522 g/mol. The molecule has 0 aliphatic rings. The third-order valence-corrected chi connectivity index (χ3v) is 5.83. The summed E-state index contributed by atoms with van der Waals surface area (Å²) < 4.78 is 32.3. The molecule has 0 aliphatic heterocycles. The van der Waals surface area contributed by atoms with Crippen LogP contribution in [0, 0.1) is 0 Å². The van der Waals surface area contributed by atoms with E-state index in [1.807, 2.05) is 54.6 Å². The number of ether oxygens (including phenoxy) is 6. The van der Waals surface area contributed by atoms with Gasteiger partial charge in [0.15, 0.2) is 0 Å².